The van der Waals surface area contributed by atoms with Crippen LogP contribution in [0.2, 0.25) is 5.02 Å². The highest BCUT2D eigenvalue weighted by atomic mass is 35.5. The molecule has 0 aliphatic carbocycles. The molecular formula is C19H23ClN4S. The van der Waals surface area contributed by atoms with Crippen LogP contribution in [0.1, 0.15) is 23.4 Å². The molecule has 0 spiro atoms. The lowest BCUT2D eigenvalue weighted by Gasteiger charge is -2.32. The minimum atomic E-state index is 0.508. The lowest BCUT2D eigenvalue weighted by Crippen LogP contribution is -2.44. The van der Waals surface area contributed by atoms with E-state index in [-0.39, 0.29) is 0 Å². The minimum absolute atomic E-state index is 0.508. The summed E-state index contributed by atoms with van der Waals surface area (Å²) in [5.41, 5.74) is 2.13. The van der Waals surface area contributed by atoms with E-state index in [9.17, 15) is 0 Å². The Bertz CT molecular complexity index is 843. The van der Waals surface area contributed by atoms with Crippen LogP contribution in [-0.2, 0) is 20.1 Å². The lowest BCUT2D eigenvalue weighted by atomic mass is 10.1. The normalized spacial score (nSPS) is 18.9. The maximum Gasteiger partial charge on any atom is 0.0856 e. The van der Waals surface area contributed by atoms with Gasteiger partial charge in [0.15, 0.2) is 0 Å². The second-order valence-corrected chi connectivity index (χ2v) is 8.18. The fourth-order valence-corrected chi connectivity index (χ4v) is 4.73. The molecule has 4 rings (SSSR count). The van der Waals surface area contributed by atoms with Crippen molar-refractivity contribution < 1.29 is 0 Å². The Morgan fingerprint density at radius 1 is 1.32 bits per heavy atom. The van der Waals surface area contributed by atoms with Crippen LogP contribution >= 0.6 is 22.9 Å². The fourth-order valence-electron chi connectivity index (χ4n) is 3.71. The molecule has 1 aromatic carbocycles. The van der Waals surface area contributed by atoms with Crippen molar-refractivity contribution in [3.8, 4) is 0 Å². The molecule has 132 valence electrons. The predicted octanol–water partition coefficient (Wildman–Crippen LogP) is 4.04. The number of aryl methyl sites for hydroxylation is 1. The molecular weight excluding hydrogens is 352 g/mol. The zero-order chi connectivity index (χ0) is 17.2. The third kappa shape index (κ3) is 3.75. The smallest absolute Gasteiger partial charge is 0.0856 e. The minimum Gasteiger partial charge on any atom is -0.307 e. The molecule has 1 fully saturated rings. The first-order valence-corrected chi connectivity index (χ1v) is 10.0. The van der Waals surface area contributed by atoms with Crippen molar-refractivity contribution in [2.24, 2.45) is 7.05 Å². The average molecular weight is 375 g/mol. The van der Waals surface area contributed by atoms with Crippen LogP contribution in [0.15, 0.2) is 35.7 Å². The molecule has 1 saturated heterocycles. The van der Waals surface area contributed by atoms with Crippen LogP contribution in [-0.4, -0.2) is 33.8 Å². The van der Waals surface area contributed by atoms with Crippen molar-refractivity contribution in [1.82, 2.24) is 20.0 Å². The van der Waals surface area contributed by atoms with Gasteiger partial charge in [0.25, 0.3) is 0 Å². The molecule has 0 amide bonds. The van der Waals surface area contributed by atoms with Crippen molar-refractivity contribution in [3.63, 3.8) is 0 Å². The van der Waals surface area contributed by atoms with Gasteiger partial charge >= 0.3 is 0 Å². The molecule has 0 radical (unpaired) electrons. The summed E-state index contributed by atoms with van der Waals surface area (Å²) in [6.07, 6.45) is 2.46. The van der Waals surface area contributed by atoms with Crippen molar-refractivity contribution in [2.75, 3.05) is 13.1 Å². The first kappa shape index (κ1) is 17.0. The maximum atomic E-state index is 6.41. The fraction of sp³-hybridized carbons (Fsp3) is 0.421. The second kappa shape index (κ2) is 7.46. The van der Waals surface area contributed by atoms with Gasteiger partial charge in [-0.05, 0) is 43.0 Å². The number of benzene rings is 1. The number of nitrogens with zero attached hydrogens (tertiary/aromatic N) is 3. The van der Waals surface area contributed by atoms with Gasteiger partial charge in [0.2, 0.25) is 0 Å². The summed E-state index contributed by atoms with van der Waals surface area (Å²) in [6.45, 7) is 4.11. The molecule has 0 saturated carbocycles. The van der Waals surface area contributed by atoms with E-state index in [0.29, 0.717) is 6.04 Å². The number of rotatable bonds is 5. The number of hydrogen-bond donors (Lipinski definition) is 1. The highest BCUT2D eigenvalue weighted by Crippen LogP contribution is 2.26. The van der Waals surface area contributed by atoms with E-state index >= 15 is 0 Å². The molecule has 1 unspecified atom stereocenters. The van der Waals surface area contributed by atoms with E-state index < -0.39 is 0 Å². The van der Waals surface area contributed by atoms with Gasteiger partial charge < -0.3 is 5.32 Å². The quantitative estimate of drug-likeness (QED) is 0.731. The first-order valence-electron chi connectivity index (χ1n) is 8.79. The lowest BCUT2D eigenvalue weighted by molar-refractivity contribution is 0.184. The van der Waals surface area contributed by atoms with Crippen LogP contribution in [0.5, 0.6) is 0 Å². The van der Waals surface area contributed by atoms with Crippen molar-refractivity contribution in [2.45, 2.75) is 32.0 Å². The second-order valence-electron chi connectivity index (χ2n) is 6.74. The molecule has 1 aliphatic rings. The Morgan fingerprint density at radius 3 is 3.08 bits per heavy atom. The number of hydrogen-bond acceptors (Lipinski definition) is 4. The van der Waals surface area contributed by atoms with Crippen LogP contribution < -0.4 is 5.32 Å². The summed E-state index contributed by atoms with van der Waals surface area (Å²) >= 11 is 8.26. The Hall–Kier alpha value is -1.40. The molecule has 4 nitrogen and oxygen atoms in total. The van der Waals surface area contributed by atoms with E-state index in [0.717, 1.165) is 41.3 Å². The Labute approximate surface area is 157 Å². The Kier molecular flexibility index (Phi) is 5.08. The first-order chi connectivity index (χ1) is 12.2. The number of halogens is 1. The molecule has 0 bridgehead atoms. The zero-order valence-corrected chi connectivity index (χ0v) is 16.0. The molecule has 3 aromatic rings. The predicted molar refractivity (Wildman–Crippen MR) is 105 cm³/mol. The van der Waals surface area contributed by atoms with E-state index in [1.807, 2.05) is 35.2 Å². The molecule has 2 aromatic heterocycles. The van der Waals surface area contributed by atoms with Gasteiger partial charge in [-0.25, -0.2) is 0 Å². The van der Waals surface area contributed by atoms with E-state index in [1.54, 1.807) is 0 Å². The van der Waals surface area contributed by atoms with Gasteiger partial charge in [0.1, 0.15) is 0 Å². The van der Waals surface area contributed by atoms with E-state index in [2.05, 4.69) is 38.9 Å². The summed E-state index contributed by atoms with van der Waals surface area (Å²) in [7, 11) is 1.98. The number of likely N-dealkylation sites (tertiary alicyclic amines) is 1. The molecule has 3 heterocycles. The molecule has 1 atom stereocenters. The Morgan fingerprint density at radius 2 is 2.24 bits per heavy atom. The van der Waals surface area contributed by atoms with Gasteiger partial charge in [0, 0.05) is 43.0 Å². The third-order valence-electron chi connectivity index (χ3n) is 4.92. The number of aromatic nitrogens is 2. The summed E-state index contributed by atoms with van der Waals surface area (Å²) in [4.78, 5) is 4.00. The standard InChI is InChI=1S/C19H23ClN4S/c1-23-18-8-2-7-16(20)19(18)17(22-23)11-21-14-5-3-9-24(12-14)13-15-6-4-10-25-15/h2,4,6-8,10,14,21H,3,5,9,11-13H2,1H3. The van der Waals surface area contributed by atoms with Crippen LogP contribution in [0.25, 0.3) is 10.9 Å². The molecule has 6 heteroatoms. The van der Waals surface area contributed by atoms with Gasteiger partial charge in [-0.3, -0.25) is 9.58 Å². The summed E-state index contributed by atoms with van der Waals surface area (Å²) in [6, 6.07) is 10.9. The van der Waals surface area contributed by atoms with Crippen LogP contribution in [0.3, 0.4) is 0 Å². The summed E-state index contributed by atoms with van der Waals surface area (Å²) in [5, 5.41) is 12.4. The largest absolute Gasteiger partial charge is 0.307 e. The van der Waals surface area contributed by atoms with E-state index in [1.165, 1.54) is 24.3 Å². The number of fused-ring (bicyclic) bond motifs is 1. The molecule has 1 aliphatic heterocycles. The van der Waals surface area contributed by atoms with Crippen molar-refractivity contribution in [1.29, 1.82) is 0 Å². The van der Waals surface area contributed by atoms with Gasteiger partial charge in [-0.2, -0.15) is 5.10 Å². The third-order valence-corrected chi connectivity index (χ3v) is 6.10. The SMILES string of the molecule is Cn1nc(CNC2CCCN(Cc3cccs3)C2)c2c(Cl)cccc21. The highest BCUT2D eigenvalue weighted by molar-refractivity contribution is 7.09. The summed E-state index contributed by atoms with van der Waals surface area (Å²) < 4.78 is 1.92. The number of nitrogens with one attached hydrogen (secondary N) is 1. The Balaban J connectivity index is 1.41. The average Bonchev–Trinajstić information content (AvgIpc) is 3.22. The monoisotopic (exact) mass is 374 g/mol. The maximum absolute atomic E-state index is 6.41. The number of piperidine rings is 1. The summed E-state index contributed by atoms with van der Waals surface area (Å²) in [5.74, 6) is 0. The van der Waals surface area contributed by atoms with Crippen LogP contribution in [0.4, 0.5) is 0 Å². The van der Waals surface area contributed by atoms with Crippen molar-refractivity contribution >= 4 is 33.8 Å². The topological polar surface area (TPSA) is 33.1 Å². The highest BCUT2D eigenvalue weighted by Gasteiger charge is 2.21. The molecule has 1 N–H and O–H groups in total. The number of thiophene rings is 1. The van der Waals surface area contributed by atoms with Crippen LogP contribution in [0, 0.1) is 0 Å². The van der Waals surface area contributed by atoms with Gasteiger partial charge in [-0.1, -0.05) is 23.7 Å². The zero-order valence-electron chi connectivity index (χ0n) is 14.4. The van der Waals surface area contributed by atoms with E-state index in [4.69, 9.17) is 11.6 Å². The van der Waals surface area contributed by atoms with Gasteiger partial charge in [0.05, 0.1) is 16.2 Å². The van der Waals surface area contributed by atoms with Gasteiger partial charge in [-0.15, -0.1) is 11.3 Å². The van der Waals surface area contributed by atoms with Crippen molar-refractivity contribution in [3.05, 3.63) is 51.3 Å². The molecule has 25 heavy (non-hydrogen) atoms.